The molecule has 0 aliphatic heterocycles. The standard InChI is InChI=1S/C15H22N2O4/c1-12(14(18)21-3)11-17(9-10-20-2)15(19)16-13-7-5-4-6-8-13/h4-8,12H,9-11H2,1-3H3,(H,16,19). The van der Waals surface area contributed by atoms with Gasteiger partial charge in [0.2, 0.25) is 0 Å². The molecule has 1 unspecified atom stereocenters. The molecule has 6 nitrogen and oxygen atoms in total. The van der Waals surface area contributed by atoms with Crippen molar-refractivity contribution in [1.29, 1.82) is 0 Å². The number of benzene rings is 1. The molecule has 0 aromatic heterocycles. The first-order valence-electron chi connectivity index (χ1n) is 6.76. The van der Waals surface area contributed by atoms with Crippen molar-refractivity contribution in [3.05, 3.63) is 30.3 Å². The third kappa shape index (κ3) is 5.83. The molecule has 0 heterocycles. The number of carbonyl (C=O) groups is 2. The fraction of sp³-hybridized carbons (Fsp3) is 0.467. The van der Waals surface area contributed by atoms with E-state index < -0.39 is 5.92 Å². The van der Waals surface area contributed by atoms with E-state index >= 15 is 0 Å². The van der Waals surface area contributed by atoms with Crippen molar-refractivity contribution in [2.45, 2.75) is 6.92 Å². The molecular weight excluding hydrogens is 272 g/mol. The summed E-state index contributed by atoms with van der Waals surface area (Å²) < 4.78 is 9.69. The van der Waals surface area contributed by atoms with Crippen LogP contribution >= 0.6 is 0 Å². The Bertz CT molecular complexity index is 450. The van der Waals surface area contributed by atoms with Crippen LogP contribution in [0.3, 0.4) is 0 Å². The molecule has 1 N–H and O–H groups in total. The third-order valence-corrected chi connectivity index (χ3v) is 2.98. The minimum atomic E-state index is -0.395. The summed E-state index contributed by atoms with van der Waals surface area (Å²) in [6.45, 7) is 2.79. The van der Waals surface area contributed by atoms with E-state index in [1.165, 1.54) is 12.0 Å². The molecule has 0 saturated heterocycles. The molecule has 1 rings (SSSR count). The maximum absolute atomic E-state index is 12.3. The smallest absolute Gasteiger partial charge is 0.321 e. The first-order chi connectivity index (χ1) is 10.1. The number of esters is 1. The van der Waals surface area contributed by atoms with Crippen molar-refractivity contribution < 1.29 is 19.1 Å². The second-order valence-electron chi connectivity index (χ2n) is 4.66. The number of amides is 2. The van der Waals surface area contributed by atoms with Gasteiger partial charge in [0.05, 0.1) is 19.6 Å². The van der Waals surface area contributed by atoms with E-state index in [1.54, 1.807) is 26.2 Å². The Labute approximate surface area is 125 Å². The molecule has 0 saturated carbocycles. The number of ether oxygens (including phenoxy) is 2. The molecular formula is C15H22N2O4. The van der Waals surface area contributed by atoms with Crippen LogP contribution in [0.4, 0.5) is 10.5 Å². The van der Waals surface area contributed by atoms with Crippen LogP contribution in [0.1, 0.15) is 6.92 Å². The number of hydrogen-bond acceptors (Lipinski definition) is 4. The van der Waals surface area contributed by atoms with E-state index in [9.17, 15) is 9.59 Å². The largest absolute Gasteiger partial charge is 0.469 e. The van der Waals surface area contributed by atoms with E-state index in [2.05, 4.69) is 10.1 Å². The first kappa shape index (κ1) is 17.0. The van der Waals surface area contributed by atoms with Crippen molar-refractivity contribution in [2.24, 2.45) is 5.92 Å². The topological polar surface area (TPSA) is 67.9 Å². The number of methoxy groups -OCH3 is 2. The molecule has 21 heavy (non-hydrogen) atoms. The predicted octanol–water partition coefficient (Wildman–Crippen LogP) is 1.98. The molecule has 2 amide bonds. The van der Waals surface area contributed by atoms with Gasteiger partial charge >= 0.3 is 12.0 Å². The average Bonchev–Trinajstić information content (AvgIpc) is 2.51. The normalized spacial score (nSPS) is 11.6. The molecule has 0 aliphatic rings. The number of urea groups is 1. The number of hydrogen-bond donors (Lipinski definition) is 1. The lowest BCUT2D eigenvalue weighted by Crippen LogP contribution is -2.41. The fourth-order valence-corrected chi connectivity index (χ4v) is 1.81. The number of nitrogens with one attached hydrogen (secondary N) is 1. The monoisotopic (exact) mass is 294 g/mol. The Hall–Kier alpha value is -2.08. The molecule has 6 heteroatoms. The fourth-order valence-electron chi connectivity index (χ4n) is 1.81. The van der Waals surface area contributed by atoms with E-state index in [-0.39, 0.29) is 18.5 Å². The van der Waals surface area contributed by atoms with E-state index in [0.29, 0.717) is 18.8 Å². The summed E-state index contributed by atoms with van der Waals surface area (Å²) in [6, 6.07) is 8.89. The SMILES string of the molecule is COCCN(CC(C)C(=O)OC)C(=O)Nc1ccccc1. The predicted molar refractivity (Wildman–Crippen MR) is 80.1 cm³/mol. The van der Waals surface area contributed by atoms with Gasteiger partial charge in [-0.2, -0.15) is 0 Å². The van der Waals surface area contributed by atoms with Crippen LogP contribution < -0.4 is 5.32 Å². The van der Waals surface area contributed by atoms with Gasteiger partial charge in [0.15, 0.2) is 0 Å². The highest BCUT2D eigenvalue weighted by molar-refractivity contribution is 5.89. The van der Waals surface area contributed by atoms with Gasteiger partial charge in [-0.25, -0.2) is 4.79 Å². The summed E-state index contributed by atoms with van der Waals surface area (Å²) in [6.07, 6.45) is 0. The maximum atomic E-state index is 12.3. The number of anilines is 1. The Balaban J connectivity index is 2.67. The van der Waals surface area contributed by atoms with Gasteiger partial charge in [-0.3, -0.25) is 4.79 Å². The van der Waals surface area contributed by atoms with Crippen molar-refractivity contribution >= 4 is 17.7 Å². The second kappa shape index (κ2) is 8.97. The van der Waals surface area contributed by atoms with Crippen molar-refractivity contribution in [2.75, 3.05) is 39.2 Å². The van der Waals surface area contributed by atoms with Crippen LogP contribution in [0.2, 0.25) is 0 Å². The zero-order valence-corrected chi connectivity index (χ0v) is 12.7. The summed E-state index contributed by atoms with van der Waals surface area (Å²) in [5.41, 5.74) is 0.704. The van der Waals surface area contributed by atoms with Crippen LogP contribution in [0.25, 0.3) is 0 Å². The molecule has 1 aromatic carbocycles. The number of carbonyl (C=O) groups excluding carboxylic acids is 2. The first-order valence-corrected chi connectivity index (χ1v) is 6.76. The Morgan fingerprint density at radius 1 is 1.24 bits per heavy atom. The van der Waals surface area contributed by atoms with Crippen molar-refractivity contribution in [3.63, 3.8) is 0 Å². The summed E-state index contributed by atoms with van der Waals surface area (Å²) in [5.74, 6) is -0.738. The van der Waals surface area contributed by atoms with Gasteiger partial charge in [-0.05, 0) is 12.1 Å². The minimum Gasteiger partial charge on any atom is -0.469 e. The summed E-state index contributed by atoms with van der Waals surface area (Å²) in [4.78, 5) is 25.3. The van der Waals surface area contributed by atoms with Crippen LogP contribution in [-0.4, -0.2) is 50.8 Å². The molecule has 1 atom stereocenters. The Morgan fingerprint density at radius 2 is 1.90 bits per heavy atom. The molecule has 0 spiro atoms. The van der Waals surface area contributed by atoms with Gasteiger partial charge in [-0.1, -0.05) is 25.1 Å². The summed E-state index contributed by atoms with van der Waals surface area (Å²) in [7, 11) is 2.90. The van der Waals surface area contributed by atoms with Gasteiger partial charge in [0.25, 0.3) is 0 Å². The minimum absolute atomic E-state index is 0.269. The highest BCUT2D eigenvalue weighted by atomic mass is 16.5. The van der Waals surface area contributed by atoms with Crippen molar-refractivity contribution in [3.8, 4) is 0 Å². The van der Waals surface area contributed by atoms with Gasteiger partial charge in [0, 0.05) is 25.9 Å². The molecule has 0 bridgehead atoms. The van der Waals surface area contributed by atoms with Crippen LogP contribution in [-0.2, 0) is 14.3 Å². The number of rotatable bonds is 7. The van der Waals surface area contributed by atoms with Crippen LogP contribution in [0.5, 0.6) is 0 Å². The van der Waals surface area contributed by atoms with Crippen LogP contribution in [0, 0.1) is 5.92 Å². The highest BCUT2D eigenvalue weighted by Gasteiger charge is 2.21. The van der Waals surface area contributed by atoms with Gasteiger partial charge in [-0.15, -0.1) is 0 Å². The Morgan fingerprint density at radius 3 is 2.48 bits per heavy atom. The van der Waals surface area contributed by atoms with E-state index in [4.69, 9.17) is 4.74 Å². The quantitative estimate of drug-likeness (QED) is 0.781. The van der Waals surface area contributed by atoms with Crippen LogP contribution in [0.15, 0.2) is 30.3 Å². The Kier molecular flexibility index (Phi) is 7.25. The lowest BCUT2D eigenvalue weighted by atomic mass is 10.1. The summed E-state index contributed by atoms with van der Waals surface area (Å²) in [5, 5.41) is 2.79. The van der Waals surface area contributed by atoms with E-state index in [1.807, 2.05) is 18.2 Å². The number of nitrogens with zero attached hydrogens (tertiary/aromatic N) is 1. The lowest BCUT2D eigenvalue weighted by molar-refractivity contribution is -0.145. The second-order valence-corrected chi connectivity index (χ2v) is 4.66. The van der Waals surface area contributed by atoms with E-state index in [0.717, 1.165) is 0 Å². The third-order valence-electron chi connectivity index (χ3n) is 2.98. The van der Waals surface area contributed by atoms with Crippen molar-refractivity contribution in [1.82, 2.24) is 4.90 Å². The molecule has 0 fully saturated rings. The lowest BCUT2D eigenvalue weighted by Gasteiger charge is -2.25. The van der Waals surface area contributed by atoms with Gasteiger partial charge in [0.1, 0.15) is 0 Å². The zero-order valence-electron chi connectivity index (χ0n) is 12.7. The maximum Gasteiger partial charge on any atom is 0.321 e. The molecule has 116 valence electrons. The zero-order chi connectivity index (χ0) is 15.7. The molecule has 1 aromatic rings. The highest BCUT2D eigenvalue weighted by Crippen LogP contribution is 2.09. The molecule has 0 aliphatic carbocycles. The molecule has 0 radical (unpaired) electrons. The summed E-state index contributed by atoms with van der Waals surface area (Å²) >= 11 is 0. The van der Waals surface area contributed by atoms with Gasteiger partial charge < -0.3 is 19.7 Å². The average molecular weight is 294 g/mol. The number of para-hydroxylation sites is 1.